The number of thiocarbonyl (C=S) groups is 1. The van der Waals surface area contributed by atoms with Crippen LogP contribution in [-0.4, -0.2) is 52.0 Å². The average molecular weight is 454 g/mol. The first kappa shape index (κ1) is 21.1. The van der Waals surface area contributed by atoms with Crippen LogP contribution in [-0.2, 0) is 16.1 Å². The summed E-state index contributed by atoms with van der Waals surface area (Å²) in [5.74, 6) is -0.192. The molecule has 2 amide bonds. The molecule has 0 aliphatic carbocycles. The fraction of sp³-hybridized carbons (Fsp3) is 0.174. The summed E-state index contributed by atoms with van der Waals surface area (Å²) in [6.07, 6.45) is 3.55. The normalized spacial score (nSPS) is 14.5. The van der Waals surface area contributed by atoms with Gasteiger partial charge in [0.1, 0.15) is 17.9 Å². The largest absolute Gasteiger partial charge is 0.490 e. The van der Waals surface area contributed by atoms with Crippen LogP contribution in [0.2, 0.25) is 5.02 Å². The molecule has 3 aromatic rings. The Labute approximate surface area is 190 Å². The molecule has 0 saturated carbocycles. The van der Waals surface area contributed by atoms with E-state index in [9.17, 15) is 9.59 Å². The number of amides is 2. The predicted molar refractivity (Wildman–Crippen MR) is 125 cm³/mol. The standard InChI is InChI=1S/C23H20ClN3O3S/c1-25-21(28)17(22(29)26(2)23(25)31)13-15-14-27(19-9-5-3-7-16(15)19)11-12-30-20-10-6-4-8-18(20)24/h3-10,13-14H,11-12H2,1-2H3. The van der Waals surface area contributed by atoms with E-state index in [1.807, 2.05) is 53.2 Å². The summed E-state index contributed by atoms with van der Waals surface area (Å²) in [6, 6.07) is 15.1. The highest BCUT2D eigenvalue weighted by Crippen LogP contribution is 2.27. The fourth-order valence-electron chi connectivity index (χ4n) is 3.52. The Kier molecular flexibility index (Phi) is 5.80. The number of carbonyl (C=O) groups excluding carboxylic acids is 2. The lowest BCUT2D eigenvalue weighted by Crippen LogP contribution is -2.52. The molecule has 0 unspecified atom stereocenters. The van der Waals surface area contributed by atoms with Crippen LogP contribution in [0, 0.1) is 0 Å². The van der Waals surface area contributed by atoms with E-state index < -0.39 is 11.8 Å². The van der Waals surface area contributed by atoms with Crippen molar-refractivity contribution in [3.63, 3.8) is 0 Å². The molecule has 0 radical (unpaired) electrons. The van der Waals surface area contributed by atoms with Gasteiger partial charge < -0.3 is 9.30 Å². The van der Waals surface area contributed by atoms with Gasteiger partial charge in [0.25, 0.3) is 11.8 Å². The zero-order valence-electron chi connectivity index (χ0n) is 17.0. The number of aromatic nitrogens is 1. The molecule has 1 saturated heterocycles. The van der Waals surface area contributed by atoms with Crippen molar-refractivity contribution in [2.24, 2.45) is 0 Å². The number of rotatable bonds is 5. The number of nitrogens with zero attached hydrogens (tertiary/aromatic N) is 3. The van der Waals surface area contributed by atoms with Crippen LogP contribution in [0.4, 0.5) is 0 Å². The van der Waals surface area contributed by atoms with E-state index in [2.05, 4.69) is 0 Å². The highest BCUT2D eigenvalue weighted by atomic mass is 35.5. The van der Waals surface area contributed by atoms with Crippen molar-refractivity contribution in [1.29, 1.82) is 0 Å². The Morgan fingerprint density at radius 3 is 2.35 bits per heavy atom. The molecule has 158 valence electrons. The number of likely N-dealkylation sites (N-methyl/N-ethyl adjacent to an activating group) is 2. The number of carbonyl (C=O) groups is 2. The number of benzene rings is 2. The number of hydrogen-bond donors (Lipinski definition) is 0. The lowest BCUT2D eigenvalue weighted by Gasteiger charge is -2.31. The molecule has 1 aromatic heterocycles. The first-order chi connectivity index (χ1) is 14.9. The van der Waals surface area contributed by atoms with Crippen molar-refractivity contribution in [3.8, 4) is 5.75 Å². The number of ether oxygens (including phenoxy) is 1. The molecule has 0 spiro atoms. The highest BCUT2D eigenvalue weighted by Gasteiger charge is 2.35. The molecular formula is C23H20ClN3O3S. The Morgan fingerprint density at radius 1 is 1.00 bits per heavy atom. The second kappa shape index (κ2) is 8.53. The lowest BCUT2D eigenvalue weighted by molar-refractivity contribution is -0.132. The SMILES string of the molecule is CN1C(=O)C(=Cc2cn(CCOc3ccccc3Cl)c3ccccc23)C(=O)N(C)C1=S. The Morgan fingerprint density at radius 2 is 1.65 bits per heavy atom. The van der Waals surface area contributed by atoms with Crippen molar-refractivity contribution in [2.75, 3.05) is 20.7 Å². The summed E-state index contributed by atoms with van der Waals surface area (Å²) in [4.78, 5) is 28.0. The second-order valence-corrected chi connectivity index (χ2v) is 7.92. The minimum Gasteiger partial charge on any atom is -0.490 e. The summed E-state index contributed by atoms with van der Waals surface area (Å²) in [5, 5.41) is 1.68. The Bertz CT molecular complexity index is 1210. The third-order valence-corrected chi connectivity index (χ3v) is 6.05. The summed E-state index contributed by atoms with van der Waals surface area (Å²) >= 11 is 11.3. The van der Waals surface area contributed by atoms with Crippen molar-refractivity contribution in [3.05, 3.63) is 70.9 Å². The van der Waals surface area contributed by atoms with Crippen LogP contribution in [0.1, 0.15) is 5.56 Å². The summed E-state index contributed by atoms with van der Waals surface area (Å²) < 4.78 is 7.85. The van der Waals surface area contributed by atoms with E-state index in [0.29, 0.717) is 23.9 Å². The molecule has 1 fully saturated rings. The topological polar surface area (TPSA) is 54.8 Å². The van der Waals surface area contributed by atoms with Gasteiger partial charge >= 0.3 is 0 Å². The zero-order chi connectivity index (χ0) is 22.1. The molecule has 6 nitrogen and oxygen atoms in total. The molecule has 8 heteroatoms. The second-order valence-electron chi connectivity index (χ2n) is 7.14. The first-order valence-corrected chi connectivity index (χ1v) is 10.4. The molecular weight excluding hydrogens is 434 g/mol. The fourth-order valence-corrected chi connectivity index (χ4v) is 3.88. The minimum absolute atomic E-state index is 0.0776. The number of fused-ring (bicyclic) bond motifs is 1. The zero-order valence-corrected chi connectivity index (χ0v) is 18.6. The lowest BCUT2D eigenvalue weighted by atomic mass is 10.1. The van der Waals surface area contributed by atoms with Crippen molar-refractivity contribution in [1.82, 2.24) is 14.4 Å². The predicted octanol–water partition coefficient (Wildman–Crippen LogP) is 3.97. The van der Waals surface area contributed by atoms with Crippen LogP contribution >= 0.6 is 23.8 Å². The van der Waals surface area contributed by atoms with Crippen LogP contribution in [0.3, 0.4) is 0 Å². The maximum Gasteiger partial charge on any atom is 0.265 e. The molecule has 1 aliphatic rings. The van der Waals surface area contributed by atoms with E-state index in [1.54, 1.807) is 26.2 Å². The van der Waals surface area contributed by atoms with E-state index in [1.165, 1.54) is 9.80 Å². The van der Waals surface area contributed by atoms with Gasteiger partial charge in [0.15, 0.2) is 5.11 Å². The third-order valence-electron chi connectivity index (χ3n) is 5.19. The monoisotopic (exact) mass is 453 g/mol. The smallest absolute Gasteiger partial charge is 0.265 e. The van der Waals surface area contributed by atoms with E-state index in [0.717, 1.165) is 16.5 Å². The van der Waals surface area contributed by atoms with Gasteiger partial charge in [-0.3, -0.25) is 19.4 Å². The maximum atomic E-state index is 12.7. The molecule has 1 aliphatic heterocycles. The molecule has 4 rings (SSSR count). The molecule has 31 heavy (non-hydrogen) atoms. The van der Waals surface area contributed by atoms with Gasteiger partial charge in [-0.2, -0.15) is 0 Å². The van der Waals surface area contributed by atoms with Gasteiger partial charge in [0.2, 0.25) is 0 Å². The number of para-hydroxylation sites is 2. The van der Waals surface area contributed by atoms with Crippen LogP contribution in [0.25, 0.3) is 17.0 Å². The highest BCUT2D eigenvalue weighted by molar-refractivity contribution is 7.80. The van der Waals surface area contributed by atoms with Gasteiger partial charge in [-0.05, 0) is 36.5 Å². The maximum absolute atomic E-state index is 12.7. The average Bonchev–Trinajstić information content (AvgIpc) is 3.13. The van der Waals surface area contributed by atoms with Crippen molar-refractivity contribution >= 4 is 57.7 Å². The first-order valence-electron chi connectivity index (χ1n) is 9.65. The molecule has 0 bridgehead atoms. The van der Waals surface area contributed by atoms with E-state index in [4.69, 9.17) is 28.6 Å². The Balaban J connectivity index is 1.65. The minimum atomic E-state index is -0.410. The molecule has 2 aromatic carbocycles. The number of hydrogen-bond acceptors (Lipinski definition) is 4. The van der Waals surface area contributed by atoms with E-state index in [-0.39, 0.29) is 10.7 Å². The van der Waals surface area contributed by atoms with Crippen LogP contribution in [0.5, 0.6) is 5.75 Å². The van der Waals surface area contributed by atoms with Gasteiger partial charge in [0.05, 0.1) is 11.6 Å². The van der Waals surface area contributed by atoms with E-state index >= 15 is 0 Å². The van der Waals surface area contributed by atoms with Crippen LogP contribution in [0.15, 0.2) is 60.3 Å². The van der Waals surface area contributed by atoms with Crippen molar-refractivity contribution < 1.29 is 14.3 Å². The van der Waals surface area contributed by atoms with Crippen LogP contribution < -0.4 is 4.74 Å². The molecule has 0 N–H and O–H groups in total. The van der Waals surface area contributed by atoms with Gasteiger partial charge in [-0.1, -0.05) is 41.9 Å². The quantitative estimate of drug-likeness (QED) is 0.333. The summed E-state index contributed by atoms with van der Waals surface area (Å²) in [7, 11) is 3.13. The van der Waals surface area contributed by atoms with Gasteiger partial charge in [0, 0.05) is 36.8 Å². The van der Waals surface area contributed by atoms with Gasteiger partial charge in [-0.25, -0.2) is 0 Å². The molecule has 2 heterocycles. The summed E-state index contributed by atoms with van der Waals surface area (Å²) in [6.45, 7) is 0.983. The molecule has 0 atom stereocenters. The van der Waals surface area contributed by atoms with Gasteiger partial charge in [-0.15, -0.1) is 0 Å². The Hall–Kier alpha value is -3.16. The van der Waals surface area contributed by atoms with Crippen molar-refractivity contribution in [2.45, 2.75) is 6.54 Å². The number of halogens is 1. The summed E-state index contributed by atoms with van der Waals surface area (Å²) in [5.41, 5.74) is 1.83. The third kappa shape index (κ3) is 3.94.